The highest BCUT2D eigenvalue weighted by Crippen LogP contribution is 2.70. The Morgan fingerprint density at radius 3 is 1.98 bits per heavy atom. The average Bonchev–Trinajstić information content (AvgIpc) is 3.79. The predicted molar refractivity (Wildman–Crippen MR) is 198 cm³/mol. The summed E-state index contributed by atoms with van der Waals surface area (Å²) in [4.78, 5) is 113. The van der Waals surface area contributed by atoms with Gasteiger partial charge in [0.2, 0.25) is 0 Å². The van der Waals surface area contributed by atoms with Gasteiger partial charge < -0.3 is 52.2 Å². The van der Waals surface area contributed by atoms with Crippen molar-refractivity contribution in [3.05, 3.63) is 53.7 Å². The number of fused-ring (bicyclic) bond motifs is 5. The van der Waals surface area contributed by atoms with Crippen LogP contribution in [0.25, 0.3) is 0 Å². The number of furan rings is 1. The lowest BCUT2D eigenvalue weighted by molar-refractivity contribution is -0.386. The van der Waals surface area contributed by atoms with E-state index >= 15 is 0 Å². The number of carbonyl (C=O) groups is 8. The summed E-state index contributed by atoms with van der Waals surface area (Å²) < 4.78 is 60.1. The van der Waals surface area contributed by atoms with E-state index in [1.807, 2.05) is 0 Å². The van der Waals surface area contributed by atoms with Gasteiger partial charge >= 0.3 is 47.8 Å². The van der Waals surface area contributed by atoms with E-state index in [9.17, 15) is 43.5 Å². The Labute approximate surface area is 348 Å². The molecule has 2 aromatic heterocycles. The number of esters is 8. The second kappa shape index (κ2) is 16.2. The van der Waals surface area contributed by atoms with Crippen LogP contribution in [0, 0.1) is 17.3 Å². The zero-order valence-corrected chi connectivity index (χ0v) is 34.8. The van der Waals surface area contributed by atoms with Gasteiger partial charge in [0, 0.05) is 46.7 Å². The molecule has 2 saturated carbocycles. The summed E-state index contributed by atoms with van der Waals surface area (Å²) in [5.74, 6) is -12.0. The summed E-state index contributed by atoms with van der Waals surface area (Å²) in [6.45, 7) is 8.56. The molecule has 0 amide bonds. The Morgan fingerprint density at radius 2 is 1.41 bits per heavy atom. The van der Waals surface area contributed by atoms with Gasteiger partial charge in [-0.05, 0) is 32.0 Å². The Balaban J connectivity index is 1.80. The molecule has 20 heteroatoms. The first kappa shape index (κ1) is 44.7. The van der Waals surface area contributed by atoms with Crippen molar-refractivity contribution in [2.75, 3.05) is 13.2 Å². The fraction of sp³-hybridized carbons (Fsp3) is 0.585. The van der Waals surface area contributed by atoms with Crippen LogP contribution < -0.4 is 0 Å². The topological polar surface area (TPSA) is 266 Å². The number of nitrogens with zero attached hydrogens (tertiary/aromatic N) is 1. The highest BCUT2D eigenvalue weighted by Gasteiger charge is 2.92. The Kier molecular flexibility index (Phi) is 11.8. The SMILES string of the molecule is CC(=O)OCC12C(OC(C)=O)C(OC(C)=O)C3C(OC(C)=O)C14OC3(C)COC(=O)c1cccnc1C(C)C(C)C(=O)OC(C(OC(=O)c1ccoc1)C2OC(C)=O)C4(C)O. The second-order valence-electron chi connectivity index (χ2n) is 16.1. The largest absolute Gasteiger partial charge is 0.472 e. The number of pyridine rings is 1. The van der Waals surface area contributed by atoms with Gasteiger partial charge in [-0.1, -0.05) is 13.8 Å². The number of aliphatic hydroxyl groups is 1. The number of aromatic nitrogens is 1. The lowest BCUT2D eigenvalue weighted by atomic mass is 9.45. The summed E-state index contributed by atoms with van der Waals surface area (Å²) in [5.41, 5.74) is -10.6. The van der Waals surface area contributed by atoms with Gasteiger partial charge in [0.1, 0.15) is 48.3 Å². The molecule has 61 heavy (non-hydrogen) atoms. The summed E-state index contributed by atoms with van der Waals surface area (Å²) in [5, 5.41) is 13.6. The fourth-order valence-corrected chi connectivity index (χ4v) is 9.63. The molecule has 2 aromatic rings. The first-order chi connectivity index (χ1) is 28.5. The van der Waals surface area contributed by atoms with Crippen molar-refractivity contribution in [2.45, 2.75) is 122 Å². The number of carbonyl (C=O) groups excluding carboxylic acids is 8. The normalized spacial score (nSPS) is 36.5. The third-order valence-electron chi connectivity index (χ3n) is 12.1. The summed E-state index contributed by atoms with van der Waals surface area (Å²) >= 11 is 0. The number of cyclic esters (lactones) is 1. The first-order valence-electron chi connectivity index (χ1n) is 19.3. The van der Waals surface area contributed by atoms with Crippen molar-refractivity contribution in [1.82, 2.24) is 4.98 Å². The minimum absolute atomic E-state index is 0.0569. The van der Waals surface area contributed by atoms with Gasteiger partial charge in [0.15, 0.2) is 30.0 Å². The Morgan fingerprint density at radius 1 is 0.803 bits per heavy atom. The molecule has 2 aliphatic carbocycles. The lowest BCUT2D eigenvalue weighted by Crippen LogP contribution is -2.89. The minimum Gasteiger partial charge on any atom is -0.472 e. The fourth-order valence-electron chi connectivity index (χ4n) is 9.63. The van der Waals surface area contributed by atoms with E-state index in [1.165, 1.54) is 38.2 Å². The van der Waals surface area contributed by atoms with Gasteiger partial charge in [0.25, 0.3) is 0 Å². The maximum absolute atomic E-state index is 14.6. The molecule has 4 aliphatic rings. The number of ether oxygens (including phenoxy) is 9. The number of hydrogen-bond acceptors (Lipinski definition) is 20. The van der Waals surface area contributed by atoms with Crippen molar-refractivity contribution in [1.29, 1.82) is 0 Å². The monoisotopic (exact) mass is 857 g/mol. The first-order valence-corrected chi connectivity index (χ1v) is 19.3. The third kappa shape index (κ3) is 7.28. The maximum atomic E-state index is 14.6. The molecule has 3 fully saturated rings. The van der Waals surface area contributed by atoms with Gasteiger partial charge in [-0.2, -0.15) is 0 Å². The Hall–Kier alpha value is -5.89. The smallest absolute Gasteiger partial charge is 0.341 e. The van der Waals surface area contributed by atoms with Crippen LogP contribution in [-0.4, -0.2) is 124 Å². The van der Waals surface area contributed by atoms with Gasteiger partial charge in [-0.25, -0.2) is 9.59 Å². The van der Waals surface area contributed by atoms with E-state index in [2.05, 4.69) is 4.98 Å². The molecule has 13 atom stereocenters. The van der Waals surface area contributed by atoms with Crippen LogP contribution in [0.3, 0.4) is 0 Å². The van der Waals surface area contributed by atoms with Crippen molar-refractivity contribution in [3.8, 4) is 0 Å². The zero-order chi connectivity index (χ0) is 45.0. The molecular formula is C41H47NO19. The van der Waals surface area contributed by atoms with E-state index in [-0.39, 0.29) is 16.8 Å². The van der Waals surface area contributed by atoms with Crippen LogP contribution in [-0.2, 0) is 71.4 Å². The van der Waals surface area contributed by atoms with Crippen molar-refractivity contribution in [2.24, 2.45) is 17.3 Å². The lowest BCUT2D eigenvalue weighted by Gasteiger charge is -2.67. The zero-order valence-electron chi connectivity index (χ0n) is 34.8. The van der Waals surface area contributed by atoms with Crippen molar-refractivity contribution < 1.29 is 90.5 Å². The number of rotatable bonds is 8. The molecule has 1 spiro atoms. The van der Waals surface area contributed by atoms with Crippen LogP contribution in [0.15, 0.2) is 41.3 Å². The summed E-state index contributed by atoms with van der Waals surface area (Å²) in [6.07, 6.45) is -8.78. The molecule has 2 aliphatic heterocycles. The van der Waals surface area contributed by atoms with Crippen LogP contribution >= 0.6 is 0 Å². The maximum Gasteiger partial charge on any atom is 0.341 e. The summed E-state index contributed by atoms with van der Waals surface area (Å²) in [7, 11) is 0. The summed E-state index contributed by atoms with van der Waals surface area (Å²) in [6, 6.07) is 4.11. The minimum atomic E-state index is -2.89. The van der Waals surface area contributed by atoms with E-state index < -0.39 is 138 Å². The molecule has 20 nitrogen and oxygen atoms in total. The van der Waals surface area contributed by atoms with Crippen LogP contribution in [0.5, 0.6) is 0 Å². The molecule has 0 aromatic carbocycles. The van der Waals surface area contributed by atoms with E-state index in [0.29, 0.717) is 0 Å². The molecule has 13 unspecified atom stereocenters. The number of hydrogen-bond donors (Lipinski definition) is 1. The van der Waals surface area contributed by atoms with Crippen molar-refractivity contribution in [3.63, 3.8) is 0 Å². The quantitative estimate of drug-likeness (QED) is 0.293. The van der Waals surface area contributed by atoms with E-state index in [4.69, 9.17) is 47.0 Å². The third-order valence-corrected chi connectivity index (χ3v) is 12.1. The molecule has 0 radical (unpaired) electrons. The molecule has 4 bridgehead atoms. The predicted octanol–water partition coefficient (Wildman–Crippen LogP) is 1.92. The molecule has 1 N–H and O–H groups in total. The van der Waals surface area contributed by atoms with E-state index in [0.717, 1.165) is 54.1 Å². The highest BCUT2D eigenvalue weighted by molar-refractivity contribution is 5.91. The van der Waals surface area contributed by atoms with Crippen LogP contribution in [0.4, 0.5) is 0 Å². The van der Waals surface area contributed by atoms with Crippen LogP contribution in [0.1, 0.15) is 94.6 Å². The second-order valence-corrected chi connectivity index (χ2v) is 16.1. The van der Waals surface area contributed by atoms with Crippen molar-refractivity contribution >= 4 is 47.8 Å². The highest BCUT2D eigenvalue weighted by atomic mass is 16.7. The average molecular weight is 858 g/mol. The van der Waals surface area contributed by atoms with Gasteiger partial charge in [0.05, 0.1) is 34.9 Å². The standard InChI is InChI=1S/C41H47NO19/c1-18-19(2)35(48)60-32-30(59-36(49)25-12-14-52-15-25)34(58-24(7)47)40(17-53-20(3)43)33(57-23(6)46)29(55-21(4)44)27-31(56-22(5)45)41(40,39(32,9)51)61-38(27,8)16-54-37(50)26-11-10-13-42-28(18)26/h10-15,18-19,27,29-34,51H,16-17H2,1-9H3. The van der Waals surface area contributed by atoms with Gasteiger partial charge in [-0.3, -0.25) is 33.8 Å². The van der Waals surface area contributed by atoms with Gasteiger partial charge in [-0.15, -0.1) is 0 Å². The molecular weight excluding hydrogens is 810 g/mol. The Bertz CT molecular complexity index is 2120. The molecule has 6 rings (SSSR count). The molecule has 4 heterocycles. The molecule has 1 saturated heterocycles. The molecule has 330 valence electrons. The van der Waals surface area contributed by atoms with Crippen LogP contribution in [0.2, 0.25) is 0 Å². The van der Waals surface area contributed by atoms with E-state index in [1.54, 1.807) is 6.92 Å².